The van der Waals surface area contributed by atoms with Gasteiger partial charge in [-0.15, -0.1) is 0 Å². The van der Waals surface area contributed by atoms with Gasteiger partial charge in [-0.05, 0) is 32.9 Å². The molecule has 3 aromatic rings. The normalized spacial score (nSPS) is 10.5. The lowest BCUT2D eigenvalue weighted by molar-refractivity contribution is -0.385. The van der Waals surface area contributed by atoms with Crippen molar-refractivity contribution in [2.45, 2.75) is 20.8 Å². The summed E-state index contributed by atoms with van der Waals surface area (Å²) in [4.78, 5) is 43.4. The van der Waals surface area contributed by atoms with Crippen LogP contribution in [-0.2, 0) is 9.53 Å². The van der Waals surface area contributed by atoms with E-state index >= 15 is 0 Å². The van der Waals surface area contributed by atoms with Crippen molar-refractivity contribution in [1.29, 1.82) is 0 Å². The Morgan fingerprint density at radius 3 is 2.41 bits per heavy atom. The number of nitrogens with zero attached hydrogens (tertiary/aromatic N) is 5. The zero-order chi connectivity index (χ0) is 23.4. The SMILES string of the molecule is COC(=O)c1ccc([N+](=O)[O-])c(OCC(=O)Nc2cc(C)nn2-c2nc(C)cc(C)n2)c1. The Balaban J connectivity index is 1.79. The standard InChI is InChI=1S/C20H20N6O6/c1-11-7-12(2)22-20(21-11)25-17(8-13(3)24-25)23-18(27)10-32-16-9-14(19(28)31-4)5-6-15(16)26(29)30/h5-9H,10H2,1-4H3,(H,23,27). The van der Waals surface area contributed by atoms with Gasteiger partial charge in [0.2, 0.25) is 0 Å². The van der Waals surface area contributed by atoms with Crippen LogP contribution >= 0.6 is 0 Å². The maximum atomic E-state index is 12.5. The third-order valence-electron chi connectivity index (χ3n) is 4.20. The van der Waals surface area contributed by atoms with Crippen LogP contribution in [0.15, 0.2) is 30.3 Å². The van der Waals surface area contributed by atoms with E-state index in [9.17, 15) is 19.7 Å². The summed E-state index contributed by atoms with van der Waals surface area (Å²) in [6.45, 7) is 4.82. The molecule has 0 fully saturated rings. The first-order valence-corrected chi connectivity index (χ1v) is 9.36. The number of carbonyl (C=O) groups is 2. The van der Waals surface area contributed by atoms with Crippen molar-refractivity contribution in [2.24, 2.45) is 0 Å². The number of aromatic nitrogens is 4. The van der Waals surface area contributed by atoms with Crippen molar-refractivity contribution >= 4 is 23.4 Å². The van der Waals surface area contributed by atoms with E-state index in [1.54, 1.807) is 19.1 Å². The molecule has 0 saturated heterocycles. The molecule has 0 aliphatic rings. The molecule has 0 aliphatic heterocycles. The molecular formula is C20H20N6O6. The highest BCUT2D eigenvalue weighted by Crippen LogP contribution is 2.28. The molecule has 12 heteroatoms. The van der Waals surface area contributed by atoms with Gasteiger partial charge in [0.05, 0.1) is 23.3 Å². The minimum Gasteiger partial charge on any atom is -0.477 e. The van der Waals surface area contributed by atoms with Gasteiger partial charge < -0.3 is 14.8 Å². The summed E-state index contributed by atoms with van der Waals surface area (Å²) in [5.41, 5.74) is 1.74. The molecule has 32 heavy (non-hydrogen) atoms. The topological polar surface area (TPSA) is 151 Å². The van der Waals surface area contributed by atoms with Crippen LogP contribution in [-0.4, -0.2) is 50.3 Å². The summed E-state index contributed by atoms with van der Waals surface area (Å²) < 4.78 is 11.3. The molecule has 3 rings (SSSR count). The van der Waals surface area contributed by atoms with Gasteiger partial charge in [-0.2, -0.15) is 9.78 Å². The summed E-state index contributed by atoms with van der Waals surface area (Å²) in [7, 11) is 1.18. The van der Waals surface area contributed by atoms with E-state index in [0.717, 1.165) is 23.5 Å². The molecule has 2 heterocycles. The molecule has 12 nitrogen and oxygen atoms in total. The van der Waals surface area contributed by atoms with Crippen molar-refractivity contribution in [3.63, 3.8) is 0 Å². The number of benzene rings is 1. The summed E-state index contributed by atoms with van der Waals surface area (Å²) in [5.74, 6) is -0.946. The van der Waals surface area contributed by atoms with Crippen LogP contribution in [0.3, 0.4) is 0 Å². The monoisotopic (exact) mass is 440 g/mol. The van der Waals surface area contributed by atoms with Crippen molar-refractivity contribution in [1.82, 2.24) is 19.7 Å². The predicted molar refractivity (Wildman–Crippen MR) is 112 cm³/mol. The van der Waals surface area contributed by atoms with Crippen molar-refractivity contribution < 1.29 is 24.0 Å². The summed E-state index contributed by atoms with van der Waals surface area (Å²) in [6, 6.07) is 6.92. The van der Waals surface area contributed by atoms with Crippen molar-refractivity contribution in [3.05, 3.63) is 63.1 Å². The molecule has 1 amide bonds. The van der Waals surface area contributed by atoms with E-state index in [-0.39, 0.29) is 17.3 Å². The number of aryl methyl sites for hydroxylation is 3. The van der Waals surface area contributed by atoms with Gasteiger partial charge in [-0.25, -0.2) is 14.8 Å². The number of methoxy groups -OCH3 is 1. The third kappa shape index (κ3) is 5.03. The molecule has 0 aliphatic carbocycles. The van der Waals surface area contributed by atoms with Crippen LogP contribution in [0.5, 0.6) is 5.75 Å². The summed E-state index contributed by atoms with van der Waals surface area (Å²) >= 11 is 0. The van der Waals surface area contributed by atoms with E-state index in [4.69, 9.17) is 4.74 Å². The Labute approximate surface area is 182 Å². The average Bonchev–Trinajstić information content (AvgIpc) is 3.10. The molecule has 2 aromatic heterocycles. The lowest BCUT2D eigenvalue weighted by atomic mass is 10.2. The lowest BCUT2D eigenvalue weighted by Crippen LogP contribution is -2.22. The van der Waals surface area contributed by atoms with Gasteiger partial charge in [0, 0.05) is 29.6 Å². The molecule has 0 spiro atoms. The fourth-order valence-corrected chi connectivity index (χ4v) is 2.89. The Morgan fingerprint density at radius 2 is 1.78 bits per heavy atom. The molecule has 1 N–H and O–H groups in total. The molecule has 0 atom stereocenters. The smallest absolute Gasteiger partial charge is 0.337 e. The minimum absolute atomic E-state index is 0.0502. The molecule has 1 aromatic carbocycles. The van der Waals surface area contributed by atoms with Crippen LogP contribution in [0.25, 0.3) is 5.95 Å². The van der Waals surface area contributed by atoms with Gasteiger partial charge in [-0.1, -0.05) is 0 Å². The van der Waals surface area contributed by atoms with Gasteiger partial charge in [0.25, 0.3) is 11.9 Å². The number of nitro benzene ring substituents is 1. The van der Waals surface area contributed by atoms with E-state index < -0.39 is 29.1 Å². The van der Waals surface area contributed by atoms with Gasteiger partial charge in [-0.3, -0.25) is 14.9 Å². The Bertz CT molecular complexity index is 1190. The fourth-order valence-electron chi connectivity index (χ4n) is 2.89. The van der Waals surface area contributed by atoms with Crippen LogP contribution in [0.1, 0.15) is 27.4 Å². The molecule has 0 saturated carbocycles. The molecule has 0 bridgehead atoms. The lowest BCUT2D eigenvalue weighted by Gasteiger charge is -2.10. The van der Waals surface area contributed by atoms with Crippen molar-refractivity contribution in [2.75, 3.05) is 19.0 Å². The van der Waals surface area contributed by atoms with E-state index in [1.807, 2.05) is 13.8 Å². The zero-order valence-corrected chi connectivity index (χ0v) is 17.8. The second kappa shape index (κ2) is 9.20. The summed E-state index contributed by atoms with van der Waals surface area (Å²) in [5, 5.41) is 18.2. The number of nitrogens with one attached hydrogen (secondary N) is 1. The van der Waals surface area contributed by atoms with Crippen LogP contribution in [0, 0.1) is 30.9 Å². The molecule has 0 unspecified atom stereocenters. The van der Waals surface area contributed by atoms with E-state index in [0.29, 0.717) is 11.5 Å². The van der Waals surface area contributed by atoms with Gasteiger partial charge >= 0.3 is 11.7 Å². The zero-order valence-electron chi connectivity index (χ0n) is 17.8. The highest BCUT2D eigenvalue weighted by Gasteiger charge is 2.20. The quantitative estimate of drug-likeness (QED) is 0.331. The molecule has 0 radical (unpaired) electrons. The Kier molecular flexibility index (Phi) is 6.42. The minimum atomic E-state index is -0.693. The maximum absolute atomic E-state index is 12.5. The first-order valence-electron chi connectivity index (χ1n) is 9.36. The number of nitro groups is 1. The Hall–Kier alpha value is -4.35. The average molecular weight is 440 g/mol. The number of rotatable bonds is 7. The fraction of sp³-hybridized carbons (Fsp3) is 0.250. The first kappa shape index (κ1) is 22.3. The number of ether oxygens (including phenoxy) is 2. The van der Waals surface area contributed by atoms with E-state index in [2.05, 4.69) is 25.1 Å². The van der Waals surface area contributed by atoms with Crippen LogP contribution in [0.4, 0.5) is 11.5 Å². The largest absolute Gasteiger partial charge is 0.477 e. The first-order chi connectivity index (χ1) is 15.2. The third-order valence-corrected chi connectivity index (χ3v) is 4.20. The number of hydrogen-bond acceptors (Lipinski definition) is 9. The second-order valence-corrected chi connectivity index (χ2v) is 6.80. The number of anilines is 1. The number of carbonyl (C=O) groups excluding carboxylic acids is 2. The predicted octanol–water partition coefficient (Wildman–Crippen LogP) is 2.30. The van der Waals surface area contributed by atoms with Crippen LogP contribution in [0.2, 0.25) is 0 Å². The Morgan fingerprint density at radius 1 is 1.09 bits per heavy atom. The number of esters is 1. The van der Waals surface area contributed by atoms with Crippen LogP contribution < -0.4 is 10.1 Å². The van der Waals surface area contributed by atoms with E-state index in [1.165, 1.54) is 17.9 Å². The van der Waals surface area contributed by atoms with Gasteiger partial charge in [0.15, 0.2) is 12.4 Å². The maximum Gasteiger partial charge on any atom is 0.337 e. The molecular weight excluding hydrogens is 420 g/mol. The second-order valence-electron chi connectivity index (χ2n) is 6.80. The summed E-state index contributed by atoms with van der Waals surface area (Å²) in [6.07, 6.45) is 0. The van der Waals surface area contributed by atoms with Gasteiger partial charge in [0.1, 0.15) is 5.82 Å². The highest BCUT2D eigenvalue weighted by molar-refractivity contribution is 5.92. The highest BCUT2D eigenvalue weighted by atomic mass is 16.6. The number of hydrogen-bond donors (Lipinski definition) is 1. The van der Waals surface area contributed by atoms with Crippen molar-refractivity contribution in [3.8, 4) is 11.7 Å². The molecule has 166 valence electrons. The number of amides is 1.